The van der Waals surface area contributed by atoms with Crippen molar-refractivity contribution < 1.29 is 19.1 Å². The van der Waals surface area contributed by atoms with Crippen molar-refractivity contribution in [2.24, 2.45) is 0 Å². The Morgan fingerprint density at radius 3 is 2.73 bits per heavy atom. The molecule has 84 valence electrons. The van der Waals surface area contributed by atoms with Gasteiger partial charge in [0.25, 0.3) is 0 Å². The maximum absolute atomic E-state index is 11.2. The van der Waals surface area contributed by atoms with Crippen LogP contribution in [0.4, 0.5) is 0 Å². The molecule has 0 bridgehead atoms. The molecule has 0 spiro atoms. The molecule has 0 aromatic rings. The van der Waals surface area contributed by atoms with Crippen LogP contribution in [0.1, 0.15) is 26.2 Å². The summed E-state index contributed by atoms with van der Waals surface area (Å²) in [5, 5.41) is 0. The average Bonchev–Trinajstić information content (AvgIpc) is 2.50. The molecule has 15 heavy (non-hydrogen) atoms. The smallest absolute Gasteiger partial charge is 0.313 e. The summed E-state index contributed by atoms with van der Waals surface area (Å²) in [6, 6.07) is 0. The highest BCUT2D eigenvalue weighted by molar-refractivity contribution is 5.94. The third kappa shape index (κ3) is 4.10. The lowest BCUT2D eigenvalue weighted by molar-refractivity contribution is -0.147. The van der Waals surface area contributed by atoms with Crippen molar-refractivity contribution in [1.82, 2.24) is 4.90 Å². The Balaban J connectivity index is 2.13. The molecule has 5 nitrogen and oxygen atoms in total. The molecule has 1 amide bonds. The van der Waals surface area contributed by atoms with Gasteiger partial charge in [0.05, 0.1) is 6.54 Å². The van der Waals surface area contributed by atoms with E-state index in [1.54, 1.807) is 4.90 Å². The van der Waals surface area contributed by atoms with E-state index >= 15 is 0 Å². The maximum Gasteiger partial charge on any atom is 0.313 e. The summed E-state index contributed by atoms with van der Waals surface area (Å²) < 4.78 is 4.81. The number of carbonyl (C=O) groups excluding carboxylic acids is 3. The Hall–Kier alpha value is -1.39. The van der Waals surface area contributed by atoms with Gasteiger partial charge in [0.2, 0.25) is 5.91 Å². The molecular weight excluding hydrogens is 198 g/mol. The van der Waals surface area contributed by atoms with Crippen molar-refractivity contribution in [3.63, 3.8) is 0 Å². The Morgan fingerprint density at radius 1 is 1.47 bits per heavy atom. The first kappa shape index (κ1) is 11.7. The van der Waals surface area contributed by atoms with Gasteiger partial charge in [-0.05, 0) is 13.3 Å². The van der Waals surface area contributed by atoms with Crippen molar-refractivity contribution in [1.29, 1.82) is 0 Å². The number of amides is 1. The second kappa shape index (κ2) is 5.48. The van der Waals surface area contributed by atoms with Crippen LogP contribution < -0.4 is 0 Å². The molecule has 1 rings (SSSR count). The Morgan fingerprint density at radius 2 is 2.20 bits per heavy atom. The summed E-state index contributed by atoms with van der Waals surface area (Å²) in [6.45, 7) is 2.69. The topological polar surface area (TPSA) is 63.7 Å². The van der Waals surface area contributed by atoms with E-state index in [2.05, 4.69) is 0 Å². The predicted octanol–water partition coefficient (Wildman–Crippen LogP) is 0.131. The van der Waals surface area contributed by atoms with E-state index in [0.29, 0.717) is 13.0 Å². The zero-order chi connectivity index (χ0) is 11.3. The molecule has 1 aliphatic rings. The summed E-state index contributed by atoms with van der Waals surface area (Å²) >= 11 is 0. The van der Waals surface area contributed by atoms with Crippen LogP contribution in [0.3, 0.4) is 0 Å². The normalized spacial score (nSPS) is 15.5. The summed E-state index contributed by atoms with van der Waals surface area (Å²) in [5.74, 6) is -0.621. The van der Waals surface area contributed by atoms with Crippen LogP contribution in [-0.4, -0.2) is 42.3 Å². The minimum absolute atomic E-state index is 0.109. The Labute approximate surface area is 88.4 Å². The van der Waals surface area contributed by atoms with Crippen molar-refractivity contribution in [3.8, 4) is 0 Å². The van der Waals surface area contributed by atoms with Gasteiger partial charge in [-0.15, -0.1) is 0 Å². The second-order valence-electron chi connectivity index (χ2n) is 3.58. The number of Topliss-reactive ketones (excluding diaryl/α,β-unsaturated/α-hetero) is 1. The first-order valence-corrected chi connectivity index (χ1v) is 5.02. The van der Waals surface area contributed by atoms with Gasteiger partial charge >= 0.3 is 5.97 Å². The number of rotatable bonds is 5. The molecule has 1 saturated heterocycles. The van der Waals surface area contributed by atoms with Gasteiger partial charge in [-0.25, -0.2) is 0 Å². The summed E-state index contributed by atoms with van der Waals surface area (Å²) in [7, 11) is 0. The SMILES string of the molecule is CC(=O)CC(=O)OCCN1CCCC1=O. The van der Waals surface area contributed by atoms with Crippen molar-refractivity contribution in [2.75, 3.05) is 19.7 Å². The van der Waals surface area contributed by atoms with Gasteiger partial charge in [-0.3, -0.25) is 14.4 Å². The van der Waals surface area contributed by atoms with Gasteiger partial charge < -0.3 is 9.64 Å². The zero-order valence-corrected chi connectivity index (χ0v) is 8.82. The molecule has 5 heteroatoms. The van der Waals surface area contributed by atoms with E-state index < -0.39 is 5.97 Å². The molecule has 0 aliphatic carbocycles. The van der Waals surface area contributed by atoms with Gasteiger partial charge in [0.1, 0.15) is 18.8 Å². The molecule has 1 aliphatic heterocycles. The molecule has 1 heterocycles. The van der Waals surface area contributed by atoms with Crippen LogP contribution in [0.25, 0.3) is 0 Å². The number of carbonyl (C=O) groups is 3. The first-order chi connectivity index (χ1) is 7.09. The molecule has 0 saturated carbocycles. The molecule has 0 aromatic heterocycles. The van der Waals surface area contributed by atoms with Gasteiger partial charge in [-0.2, -0.15) is 0 Å². The number of ketones is 1. The minimum Gasteiger partial charge on any atom is -0.463 e. The minimum atomic E-state index is -0.519. The van der Waals surface area contributed by atoms with Crippen LogP contribution in [0.15, 0.2) is 0 Å². The number of hydrogen-bond donors (Lipinski definition) is 0. The van der Waals surface area contributed by atoms with Crippen molar-refractivity contribution in [2.45, 2.75) is 26.2 Å². The molecular formula is C10H15NO4. The lowest BCUT2D eigenvalue weighted by Crippen LogP contribution is -2.29. The van der Waals surface area contributed by atoms with Crippen LogP contribution in [0, 0.1) is 0 Å². The van der Waals surface area contributed by atoms with E-state index in [-0.39, 0.29) is 24.7 Å². The molecule has 0 radical (unpaired) electrons. The number of hydrogen-bond acceptors (Lipinski definition) is 4. The Kier molecular flexibility index (Phi) is 4.27. The standard InChI is InChI=1S/C10H15NO4/c1-8(12)7-10(14)15-6-5-11-4-2-3-9(11)13/h2-7H2,1H3. The molecule has 1 fully saturated rings. The lowest BCUT2D eigenvalue weighted by Gasteiger charge is -2.14. The van der Waals surface area contributed by atoms with Gasteiger partial charge in [0.15, 0.2) is 0 Å². The Bertz CT molecular complexity index is 275. The quantitative estimate of drug-likeness (QED) is 0.481. The third-order valence-electron chi connectivity index (χ3n) is 2.19. The van der Waals surface area contributed by atoms with Crippen molar-refractivity contribution >= 4 is 17.7 Å². The largest absolute Gasteiger partial charge is 0.463 e. The number of nitrogens with zero attached hydrogens (tertiary/aromatic N) is 1. The average molecular weight is 213 g/mol. The molecule has 0 atom stereocenters. The number of ether oxygens (including phenoxy) is 1. The second-order valence-corrected chi connectivity index (χ2v) is 3.58. The van der Waals surface area contributed by atoms with Crippen LogP contribution in [0.2, 0.25) is 0 Å². The number of esters is 1. The van der Waals surface area contributed by atoms with E-state index in [0.717, 1.165) is 13.0 Å². The van der Waals surface area contributed by atoms with Gasteiger partial charge in [-0.1, -0.05) is 0 Å². The van der Waals surface area contributed by atoms with Crippen molar-refractivity contribution in [3.05, 3.63) is 0 Å². The molecule has 0 aromatic carbocycles. The fourth-order valence-corrected chi connectivity index (χ4v) is 1.46. The van der Waals surface area contributed by atoms with Crippen LogP contribution in [0.5, 0.6) is 0 Å². The van der Waals surface area contributed by atoms with E-state index in [9.17, 15) is 14.4 Å². The van der Waals surface area contributed by atoms with Gasteiger partial charge in [0, 0.05) is 13.0 Å². The lowest BCUT2D eigenvalue weighted by atomic mass is 10.3. The van der Waals surface area contributed by atoms with E-state index in [4.69, 9.17) is 4.74 Å². The van der Waals surface area contributed by atoms with E-state index in [1.807, 2.05) is 0 Å². The first-order valence-electron chi connectivity index (χ1n) is 5.02. The predicted molar refractivity (Wildman–Crippen MR) is 52.1 cm³/mol. The highest BCUT2D eigenvalue weighted by Crippen LogP contribution is 2.08. The maximum atomic E-state index is 11.2. The number of likely N-dealkylation sites (tertiary alicyclic amines) is 1. The summed E-state index contributed by atoms with van der Waals surface area (Å²) in [5.41, 5.74) is 0. The molecule has 0 N–H and O–H groups in total. The summed E-state index contributed by atoms with van der Waals surface area (Å²) in [6.07, 6.45) is 1.27. The zero-order valence-electron chi connectivity index (χ0n) is 8.82. The van der Waals surface area contributed by atoms with Crippen LogP contribution in [-0.2, 0) is 19.1 Å². The fourth-order valence-electron chi connectivity index (χ4n) is 1.46. The third-order valence-corrected chi connectivity index (χ3v) is 2.19. The monoisotopic (exact) mass is 213 g/mol. The fraction of sp³-hybridized carbons (Fsp3) is 0.700. The molecule has 0 unspecified atom stereocenters. The highest BCUT2D eigenvalue weighted by atomic mass is 16.5. The summed E-state index contributed by atoms with van der Waals surface area (Å²) in [4.78, 5) is 34.3. The van der Waals surface area contributed by atoms with Crippen LogP contribution >= 0.6 is 0 Å². The highest BCUT2D eigenvalue weighted by Gasteiger charge is 2.19. The van der Waals surface area contributed by atoms with E-state index in [1.165, 1.54) is 6.92 Å².